The van der Waals surface area contributed by atoms with Crippen LogP contribution in [0.1, 0.15) is 30.1 Å². The summed E-state index contributed by atoms with van der Waals surface area (Å²) in [4.78, 5) is 11.0. The lowest BCUT2D eigenvalue weighted by molar-refractivity contribution is 0.0699. The first-order valence-corrected chi connectivity index (χ1v) is 5.20. The van der Waals surface area contributed by atoms with Gasteiger partial charge in [0.1, 0.15) is 5.52 Å². The highest BCUT2D eigenvalue weighted by molar-refractivity contribution is 6.00. The van der Waals surface area contributed by atoms with E-state index in [4.69, 9.17) is 5.11 Å². The minimum absolute atomic E-state index is 0.0336. The van der Waals surface area contributed by atoms with Gasteiger partial charge in [0.25, 0.3) is 0 Å². The van der Waals surface area contributed by atoms with Crippen molar-refractivity contribution < 1.29 is 9.90 Å². The van der Waals surface area contributed by atoms with Crippen LogP contribution < -0.4 is 0 Å². The van der Waals surface area contributed by atoms with E-state index in [1.54, 1.807) is 12.1 Å². The zero-order valence-electron chi connectivity index (χ0n) is 8.84. The van der Waals surface area contributed by atoms with E-state index in [1.165, 1.54) is 0 Å². The lowest BCUT2D eigenvalue weighted by atomic mass is 10.2. The van der Waals surface area contributed by atoms with Crippen LogP contribution in [-0.2, 0) is 5.54 Å². The second-order valence-corrected chi connectivity index (χ2v) is 4.48. The molecule has 1 heterocycles. The topological polar surface area (TPSA) is 68.0 Å². The molecule has 0 saturated heterocycles. The van der Waals surface area contributed by atoms with Crippen LogP contribution in [0.25, 0.3) is 11.0 Å². The number of hydrogen-bond acceptors (Lipinski definition) is 3. The molecular formula is C11H11N3O2. The van der Waals surface area contributed by atoms with E-state index in [1.807, 2.05) is 10.7 Å². The molecule has 1 aromatic heterocycles. The molecule has 1 N–H and O–H groups in total. The van der Waals surface area contributed by atoms with Gasteiger partial charge in [-0.1, -0.05) is 11.3 Å². The van der Waals surface area contributed by atoms with Crippen LogP contribution in [0.3, 0.4) is 0 Å². The number of carboxylic acids is 1. The van der Waals surface area contributed by atoms with Crippen molar-refractivity contribution in [3.63, 3.8) is 0 Å². The number of benzene rings is 1. The molecular weight excluding hydrogens is 206 g/mol. The van der Waals surface area contributed by atoms with Crippen LogP contribution >= 0.6 is 0 Å². The molecule has 82 valence electrons. The lowest BCUT2D eigenvalue weighted by Gasteiger charge is -2.08. The summed E-state index contributed by atoms with van der Waals surface area (Å²) in [5.41, 5.74) is 1.53. The molecule has 1 saturated carbocycles. The highest BCUT2D eigenvalue weighted by Gasteiger charge is 2.41. The predicted molar refractivity (Wildman–Crippen MR) is 57.4 cm³/mol. The molecule has 1 aromatic carbocycles. The average Bonchev–Trinajstić information content (AvgIpc) is 2.85. The Bertz CT molecular complexity index is 584. The standard InChI is InChI=1S/C11H11N3O2/c1-11(5-6-11)14-8-4-2-3-7(10(15)16)9(8)12-13-14/h2-4H,5-6H2,1H3,(H,15,16). The summed E-state index contributed by atoms with van der Waals surface area (Å²) in [6.45, 7) is 2.11. The van der Waals surface area contributed by atoms with Gasteiger partial charge in [0.05, 0.1) is 16.6 Å². The third-order valence-electron chi connectivity index (χ3n) is 3.19. The molecule has 0 aliphatic heterocycles. The fraction of sp³-hybridized carbons (Fsp3) is 0.364. The van der Waals surface area contributed by atoms with Gasteiger partial charge in [-0.3, -0.25) is 0 Å². The van der Waals surface area contributed by atoms with Gasteiger partial charge in [0, 0.05) is 0 Å². The van der Waals surface area contributed by atoms with Crippen molar-refractivity contribution in [1.82, 2.24) is 15.0 Å². The van der Waals surface area contributed by atoms with Crippen molar-refractivity contribution in [3.05, 3.63) is 23.8 Å². The van der Waals surface area contributed by atoms with Gasteiger partial charge in [-0.05, 0) is 31.9 Å². The molecule has 1 aliphatic rings. The number of hydrogen-bond donors (Lipinski definition) is 1. The largest absolute Gasteiger partial charge is 0.478 e. The molecule has 0 bridgehead atoms. The van der Waals surface area contributed by atoms with Gasteiger partial charge in [-0.25, -0.2) is 9.48 Å². The van der Waals surface area contributed by atoms with E-state index in [0.29, 0.717) is 5.52 Å². The second kappa shape index (κ2) is 2.81. The molecule has 0 spiro atoms. The number of carboxylic acid groups (broad SMARTS) is 1. The quantitative estimate of drug-likeness (QED) is 0.830. The first-order valence-electron chi connectivity index (χ1n) is 5.20. The molecule has 16 heavy (non-hydrogen) atoms. The zero-order chi connectivity index (χ0) is 11.3. The molecule has 0 amide bonds. The highest BCUT2D eigenvalue weighted by atomic mass is 16.4. The Balaban J connectivity index is 2.28. The smallest absolute Gasteiger partial charge is 0.338 e. The first kappa shape index (κ1) is 9.33. The lowest BCUT2D eigenvalue weighted by Crippen LogP contribution is -2.13. The molecule has 0 atom stereocenters. The molecule has 1 fully saturated rings. The maximum atomic E-state index is 11.0. The van der Waals surface area contributed by atoms with Crippen molar-refractivity contribution in [2.24, 2.45) is 0 Å². The van der Waals surface area contributed by atoms with Crippen molar-refractivity contribution in [3.8, 4) is 0 Å². The van der Waals surface area contributed by atoms with Gasteiger partial charge >= 0.3 is 5.97 Å². The Morgan fingerprint density at radius 3 is 2.88 bits per heavy atom. The Hall–Kier alpha value is -1.91. The van der Waals surface area contributed by atoms with Crippen molar-refractivity contribution in [2.45, 2.75) is 25.3 Å². The summed E-state index contributed by atoms with van der Waals surface area (Å²) in [6, 6.07) is 5.15. The molecule has 3 rings (SSSR count). The van der Waals surface area contributed by atoms with Crippen LogP contribution in [0.2, 0.25) is 0 Å². The minimum atomic E-state index is -0.960. The molecule has 0 unspecified atom stereocenters. The summed E-state index contributed by atoms with van der Waals surface area (Å²) in [5, 5.41) is 17.1. The fourth-order valence-corrected chi connectivity index (χ4v) is 1.91. The number of carbonyl (C=O) groups is 1. The van der Waals surface area contributed by atoms with Crippen LogP contribution in [-0.4, -0.2) is 26.1 Å². The normalized spacial score (nSPS) is 17.6. The van der Waals surface area contributed by atoms with E-state index in [-0.39, 0.29) is 11.1 Å². The molecule has 5 heteroatoms. The van der Waals surface area contributed by atoms with E-state index in [2.05, 4.69) is 17.2 Å². The van der Waals surface area contributed by atoms with Crippen molar-refractivity contribution in [1.29, 1.82) is 0 Å². The summed E-state index contributed by atoms with van der Waals surface area (Å²) in [5.74, 6) is -0.960. The zero-order valence-corrected chi connectivity index (χ0v) is 8.84. The number of nitrogens with zero attached hydrogens (tertiary/aromatic N) is 3. The van der Waals surface area contributed by atoms with E-state index >= 15 is 0 Å². The number of fused-ring (bicyclic) bond motifs is 1. The number of aromatic carboxylic acids is 1. The average molecular weight is 217 g/mol. The van der Waals surface area contributed by atoms with Gasteiger partial charge in [-0.15, -0.1) is 5.10 Å². The Kier molecular flexibility index (Phi) is 1.64. The number of aromatic nitrogens is 3. The van der Waals surface area contributed by atoms with Crippen LogP contribution in [0, 0.1) is 0 Å². The Morgan fingerprint density at radius 2 is 2.25 bits per heavy atom. The third-order valence-corrected chi connectivity index (χ3v) is 3.19. The van der Waals surface area contributed by atoms with E-state index in [9.17, 15) is 4.79 Å². The summed E-state index contributed by atoms with van der Waals surface area (Å²) in [6.07, 6.45) is 2.14. The van der Waals surface area contributed by atoms with Gasteiger partial charge in [0.15, 0.2) is 0 Å². The van der Waals surface area contributed by atoms with Crippen LogP contribution in [0.15, 0.2) is 18.2 Å². The Morgan fingerprint density at radius 1 is 1.50 bits per heavy atom. The summed E-state index contributed by atoms with van der Waals surface area (Å²) in [7, 11) is 0. The van der Waals surface area contributed by atoms with Crippen LogP contribution in [0.5, 0.6) is 0 Å². The molecule has 1 aliphatic carbocycles. The molecule has 5 nitrogen and oxygen atoms in total. The Labute approximate surface area is 91.7 Å². The van der Waals surface area contributed by atoms with Gasteiger partial charge in [0.2, 0.25) is 0 Å². The van der Waals surface area contributed by atoms with Gasteiger partial charge in [-0.2, -0.15) is 0 Å². The van der Waals surface area contributed by atoms with Crippen LogP contribution in [0.4, 0.5) is 0 Å². The second-order valence-electron chi connectivity index (χ2n) is 4.48. The third kappa shape index (κ3) is 1.14. The summed E-state index contributed by atoms with van der Waals surface area (Å²) >= 11 is 0. The van der Waals surface area contributed by atoms with Gasteiger partial charge < -0.3 is 5.11 Å². The van der Waals surface area contributed by atoms with E-state index in [0.717, 1.165) is 18.4 Å². The molecule has 0 radical (unpaired) electrons. The van der Waals surface area contributed by atoms with E-state index < -0.39 is 5.97 Å². The highest BCUT2D eigenvalue weighted by Crippen LogP contribution is 2.43. The SMILES string of the molecule is CC1(n2nnc3c(C(=O)O)cccc32)CC1. The summed E-state index contributed by atoms with van der Waals surface area (Å²) < 4.78 is 1.84. The first-order chi connectivity index (χ1) is 7.62. The predicted octanol–water partition coefficient (Wildman–Crippen LogP) is 1.64. The number of rotatable bonds is 2. The van der Waals surface area contributed by atoms with Crippen molar-refractivity contribution in [2.75, 3.05) is 0 Å². The fourth-order valence-electron chi connectivity index (χ4n) is 1.91. The monoisotopic (exact) mass is 217 g/mol. The van der Waals surface area contributed by atoms with Crippen molar-refractivity contribution >= 4 is 17.0 Å². The minimum Gasteiger partial charge on any atom is -0.478 e. The maximum Gasteiger partial charge on any atom is 0.338 e. The maximum absolute atomic E-state index is 11.0. The molecule has 2 aromatic rings.